The number of aromatic nitrogens is 3. The molecule has 0 aliphatic heterocycles. The molecule has 5 aromatic rings. The molecule has 0 bridgehead atoms. The summed E-state index contributed by atoms with van der Waals surface area (Å²) >= 11 is 1.36. The predicted octanol–water partition coefficient (Wildman–Crippen LogP) is 4.95. The monoisotopic (exact) mass is 444 g/mol. The first-order valence-electron chi connectivity index (χ1n) is 10.1. The van der Waals surface area contributed by atoms with Crippen LogP contribution < -0.4 is 10.5 Å². The molecule has 0 saturated carbocycles. The molecule has 0 radical (unpaired) electrons. The van der Waals surface area contributed by atoms with E-state index < -0.39 is 0 Å². The van der Waals surface area contributed by atoms with Crippen molar-refractivity contribution < 1.29 is 9.21 Å². The molecule has 0 spiro atoms. The number of rotatable bonds is 4. The van der Waals surface area contributed by atoms with Gasteiger partial charge < -0.3 is 4.42 Å². The van der Waals surface area contributed by atoms with E-state index in [1.807, 2.05) is 61.7 Å². The minimum absolute atomic E-state index is 0.123. The molecule has 0 aliphatic carbocycles. The fraction of sp³-hybridized carbons (Fsp3) is 0.167. The lowest BCUT2D eigenvalue weighted by molar-refractivity contribution is -0.115. The second-order valence-corrected chi connectivity index (χ2v) is 8.49. The highest BCUT2D eigenvalue weighted by atomic mass is 32.1. The van der Waals surface area contributed by atoms with E-state index in [4.69, 9.17) is 4.42 Å². The zero-order chi connectivity index (χ0) is 22.4. The Morgan fingerprint density at radius 2 is 1.97 bits per heavy atom. The van der Waals surface area contributed by atoms with Crippen LogP contribution in [0.3, 0.4) is 0 Å². The third-order valence-electron chi connectivity index (χ3n) is 5.55. The van der Waals surface area contributed by atoms with Gasteiger partial charge in [0.25, 0.3) is 5.56 Å². The van der Waals surface area contributed by atoms with Gasteiger partial charge in [0, 0.05) is 17.7 Å². The Balaban J connectivity index is 1.51. The molecule has 8 heteroatoms. The van der Waals surface area contributed by atoms with E-state index in [-0.39, 0.29) is 23.6 Å². The molecule has 0 saturated heterocycles. The molecule has 0 N–H and O–H groups in total. The third kappa shape index (κ3) is 3.29. The standard InChI is InChI=1S/C24H20N4O3S/c1-14-7-6-9-19(15(14)2)28(16(3)29)24-26-17(12-32-24)11-27-13-25-21-18-8-4-5-10-20(18)31-22(21)23(27)30/h4-10,12-13H,11H2,1-3H3. The molecule has 2 aromatic carbocycles. The second-order valence-electron chi connectivity index (χ2n) is 7.65. The van der Waals surface area contributed by atoms with E-state index in [0.717, 1.165) is 22.2 Å². The Morgan fingerprint density at radius 1 is 1.16 bits per heavy atom. The van der Waals surface area contributed by atoms with E-state index >= 15 is 0 Å². The summed E-state index contributed by atoms with van der Waals surface area (Å²) in [6, 6.07) is 13.3. The van der Waals surface area contributed by atoms with Crippen molar-refractivity contribution in [3.8, 4) is 0 Å². The number of furan rings is 1. The molecule has 1 amide bonds. The normalized spacial score (nSPS) is 11.3. The maximum atomic E-state index is 13.0. The number of hydrogen-bond acceptors (Lipinski definition) is 6. The molecular formula is C24H20N4O3S. The number of carbonyl (C=O) groups is 1. The number of carbonyl (C=O) groups excluding carboxylic acids is 1. The Bertz CT molecular complexity index is 1550. The number of amides is 1. The van der Waals surface area contributed by atoms with Gasteiger partial charge in [-0.15, -0.1) is 11.3 Å². The highest BCUT2D eigenvalue weighted by Crippen LogP contribution is 2.32. The molecule has 160 valence electrons. The maximum Gasteiger partial charge on any atom is 0.297 e. The molecular weight excluding hydrogens is 424 g/mol. The lowest BCUT2D eigenvalue weighted by atomic mass is 10.1. The molecule has 0 aliphatic rings. The van der Waals surface area contributed by atoms with E-state index in [2.05, 4.69) is 9.97 Å². The lowest BCUT2D eigenvalue weighted by Crippen LogP contribution is -2.24. The SMILES string of the molecule is CC(=O)N(c1nc(Cn2cnc3c(oc4ccccc43)c2=O)cs1)c1cccc(C)c1C. The fourth-order valence-corrected chi connectivity index (χ4v) is 4.63. The van der Waals surface area contributed by atoms with Gasteiger partial charge in [0.15, 0.2) is 5.13 Å². The minimum Gasteiger partial charge on any atom is -0.448 e. The Hall–Kier alpha value is -3.78. The summed E-state index contributed by atoms with van der Waals surface area (Å²) in [5, 5.41) is 3.23. The van der Waals surface area contributed by atoms with Gasteiger partial charge in [0.2, 0.25) is 11.5 Å². The van der Waals surface area contributed by atoms with Crippen LogP contribution in [0.25, 0.3) is 22.1 Å². The van der Waals surface area contributed by atoms with E-state index in [9.17, 15) is 9.59 Å². The Morgan fingerprint density at radius 3 is 2.78 bits per heavy atom. The van der Waals surface area contributed by atoms with Crippen molar-refractivity contribution in [1.29, 1.82) is 0 Å². The van der Waals surface area contributed by atoms with Crippen LogP contribution in [0.2, 0.25) is 0 Å². The molecule has 7 nitrogen and oxygen atoms in total. The van der Waals surface area contributed by atoms with Crippen LogP contribution in [0.5, 0.6) is 0 Å². The smallest absolute Gasteiger partial charge is 0.297 e. The van der Waals surface area contributed by atoms with E-state index in [0.29, 0.717) is 21.9 Å². The predicted molar refractivity (Wildman–Crippen MR) is 126 cm³/mol. The molecule has 0 unspecified atom stereocenters. The number of para-hydroxylation sites is 1. The molecule has 3 aromatic heterocycles. The van der Waals surface area contributed by atoms with Crippen molar-refractivity contribution in [2.24, 2.45) is 0 Å². The minimum atomic E-state index is -0.265. The zero-order valence-corrected chi connectivity index (χ0v) is 18.6. The first-order valence-corrected chi connectivity index (χ1v) is 11.0. The van der Waals surface area contributed by atoms with Gasteiger partial charge >= 0.3 is 0 Å². The number of thiazole rings is 1. The Kier molecular flexibility index (Phi) is 4.86. The van der Waals surface area contributed by atoms with Gasteiger partial charge in [-0.1, -0.05) is 24.3 Å². The van der Waals surface area contributed by atoms with E-state index in [1.165, 1.54) is 29.2 Å². The molecule has 0 atom stereocenters. The van der Waals surface area contributed by atoms with Gasteiger partial charge in [0.1, 0.15) is 11.1 Å². The number of hydrogen-bond donors (Lipinski definition) is 0. The van der Waals surface area contributed by atoms with Gasteiger partial charge in [-0.2, -0.15) is 0 Å². The average Bonchev–Trinajstić information content (AvgIpc) is 3.38. The summed E-state index contributed by atoms with van der Waals surface area (Å²) in [7, 11) is 0. The largest absolute Gasteiger partial charge is 0.448 e. The van der Waals surface area contributed by atoms with Crippen LogP contribution in [0, 0.1) is 13.8 Å². The summed E-state index contributed by atoms with van der Waals surface area (Å²) in [4.78, 5) is 36.2. The fourth-order valence-electron chi connectivity index (χ4n) is 3.76. The van der Waals surface area contributed by atoms with E-state index in [1.54, 1.807) is 4.90 Å². The molecule has 5 rings (SSSR count). The number of benzene rings is 2. The average molecular weight is 445 g/mol. The van der Waals surface area contributed by atoms with Crippen LogP contribution in [-0.2, 0) is 11.3 Å². The van der Waals surface area contributed by atoms with Gasteiger partial charge in [-0.3, -0.25) is 19.1 Å². The van der Waals surface area contributed by atoms with Gasteiger partial charge in [0.05, 0.1) is 24.3 Å². The molecule has 32 heavy (non-hydrogen) atoms. The van der Waals surface area contributed by atoms with Gasteiger partial charge in [-0.05, 0) is 43.2 Å². The van der Waals surface area contributed by atoms with Crippen LogP contribution in [0.1, 0.15) is 23.7 Å². The zero-order valence-electron chi connectivity index (χ0n) is 17.8. The topological polar surface area (TPSA) is 81.2 Å². The number of anilines is 2. The number of aryl methyl sites for hydroxylation is 1. The van der Waals surface area contributed by atoms with Gasteiger partial charge in [-0.25, -0.2) is 9.97 Å². The number of nitrogens with zero attached hydrogens (tertiary/aromatic N) is 4. The summed E-state index contributed by atoms with van der Waals surface area (Å²) in [5.41, 5.74) is 4.74. The van der Waals surface area contributed by atoms with Crippen LogP contribution in [0.15, 0.2) is 63.4 Å². The second kappa shape index (κ2) is 7.72. The highest BCUT2D eigenvalue weighted by Gasteiger charge is 2.21. The van der Waals surface area contributed by atoms with Crippen LogP contribution in [0.4, 0.5) is 10.8 Å². The summed E-state index contributed by atoms with van der Waals surface area (Å²) in [6.45, 7) is 5.75. The number of fused-ring (bicyclic) bond motifs is 3. The van der Waals surface area contributed by atoms with Crippen molar-refractivity contribution in [2.45, 2.75) is 27.3 Å². The van der Waals surface area contributed by atoms with Crippen molar-refractivity contribution in [3.63, 3.8) is 0 Å². The van der Waals surface area contributed by atoms with Crippen molar-refractivity contribution in [3.05, 3.63) is 81.3 Å². The first kappa shape index (κ1) is 20.1. The van der Waals surface area contributed by atoms with Crippen LogP contribution in [-0.4, -0.2) is 20.4 Å². The maximum absolute atomic E-state index is 13.0. The summed E-state index contributed by atoms with van der Waals surface area (Å²) < 4.78 is 7.22. The van der Waals surface area contributed by atoms with Crippen molar-refractivity contribution >= 4 is 50.1 Å². The third-order valence-corrected chi connectivity index (χ3v) is 6.42. The highest BCUT2D eigenvalue weighted by molar-refractivity contribution is 7.14. The Labute approximate surface area is 187 Å². The first-order chi connectivity index (χ1) is 15.4. The lowest BCUT2D eigenvalue weighted by Gasteiger charge is -2.21. The van der Waals surface area contributed by atoms with Crippen molar-refractivity contribution in [2.75, 3.05) is 4.90 Å². The molecule has 3 heterocycles. The quantitative estimate of drug-likeness (QED) is 0.392. The molecule has 0 fully saturated rings. The van der Waals surface area contributed by atoms with Crippen molar-refractivity contribution in [1.82, 2.24) is 14.5 Å². The van der Waals surface area contributed by atoms with Crippen LogP contribution >= 0.6 is 11.3 Å². The summed E-state index contributed by atoms with van der Waals surface area (Å²) in [6.07, 6.45) is 1.51. The summed E-state index contributed by atoms with van der Waals surface area (Å²) in [5.74, 6) is -0.123.